The van der Waals surface area contributed by atoms with E-state index in [4.69, 9.17) is 16.0 Å². The summed E-state index contributed by atoms with van der Waals surface area (Å²) in [5.74, 6) is 1.47. The van der Waals surface area contributed by atoms with Crippen LogP contribution in [0.4, 0.5) is 5.69 Å². The summed E-state index contributed by atoms with van der Waals surface area (Å²) in [6.45, 7) is 3.69. The maximum atomic E-state index is 10.7. The van der Waals surface area contributed by atoms with Crippen LogP contribution in [0.1, 0.15) is 19.1 Å². The summed E-state index contributed by atoms with van der Waals surface area (Å²) in [5.41, 5.74) is 0.620. The Morgan fingerprint density at radius 2 is 2.15 bits per heavy atom. The van der Waals surface area contributed by atoms with Crippen LogP contribution in [0, 0.1) is 10.1 Å². The number of hydrogen-bond acceptors (Lipinski definition) is 4. The first-order valence-corrected chi connectivity index (χ1v) is 6.73. The molecule has 1 heterocycles. The normalized spacial score (nSPS) is 10.7. The summed E-state index contributed by atoms with van der Waals surface area (Å²) in [6.07, 6.45) is 1.06. The molecule has 6 heteroatoms. The molecule has 20 heavy (non-hydrogen) atoms. The molecular formula is C14H15ClN2O3. The fraction of sp³-hybridized carbons (Fsp3) is 0.286. The van der Waals surface area contributed by atoms with Crippen molar-refractivity contribution in [2.45, 2.75) is 19.9 Å². The molecule has 2 aromatic rings. The number of halogens is 1. The minimum atomic E-state index is -0.506. The molecule has 0 saturated carbocycles. The molecule has 1 aromatic heterocycles. The Morgan fingerprint density at radius 3 is 2.80 bits per heavy atom. The van der Waals surface area contributed by atoms with Gasteiger partial charge in [-0.15, -0.1) is 0 Å². The Hall–Kier alpha value is -1.85. The van der Waals surface area contributed by atoms with Crippen molar-refractivity contribution in [2.75, 3.05) is 6.54 Å². The zero-order valence-corrected chi connectivity index (χ0v) is 11.8. The van der Waals surface area contributed by atoms with Crippen molar-refractivity contribution < 1.29 is 9.34 Å². The second-order valence-corrected chi connectivity index (χ2v) is 4.77. The molecular weight excluding hydrogens is 280 g/mol. The van der Waals surface area contributed by atoms with Crippen LogP contribution in [0.15, 0.2) is 34.7 Å². The predicted molar refractivity (Wildman–Crippen MR) is 77.8 cm³/mol. The van der Waals surface area contributed by atoms with E-state index in [1.54, 1.807) is 12.1 Å². The molecule has 0 amide bonds. The Bertz CT molecular complexity index is 610. The Kier molecular flexibility index (Phi) is 4.76. The first-order valence-electron chi connectivity index (χ1n) is 6.35. The quantitative estimate of drug-likeness (QED) is 0.496. The van der Waals surface area contributed by atoms with E-state index in [1.807, 2.05) is 12.1 Å². The molecule has 0 fully saturated rings. The van der Waals surface area contributed by atoms with Gasteiger partial charge < -0.3 is 9.73 Å². The van der Waals surface area contributed by atoms with Gasteiger partial charge in [0.1, 0.15) is 16.5 Å². The van der Waals surface area contributed by atoms with Gasteiger partial charge in [0, 0.05) is 11.6 Å². The van der Waals surface area contributed by atoms with Gasteiger partial charge in [-0.25, -0.2) is 0 Å². The lowest BCUT2D eigenvalue weighted by Crippen LogP contribution is -2.12. The van der Waals surface area contributed by atoms with Crippen molar-refractivity contribution in [3.8, 4) is 11.3 Å². The number of nitrogens with zero attached hydrogens (tertiary/aromatic N) is 1. The number of furan rings is 1. The molecule has 1 N–H and O–H groups in total. The highest BCUT2D eigenvalue weighted by atomic mass is 35.5. The summed E-state index contributed by atoms with van der Waals surface area (Å²) in [6, 6.07) is 8.27. The van der Waals surface area contributed by atoms with Crippen molar-refractivity contribution in [3.05, 3.63) is 51.2 Å². The van der Waals surface area contributed by atoms with Gasteiger partial charge in [0.15, 0.2) is 0 Å². The molecule has 0 saturated heterocycles. The third-order valence-electron chi connectivity index (χ3n) is 2.82. The second-order valence-electron chi connectivity index (χ2n) is 4.37. The van der Waals surface area contributed by atoms with E-state index in [2.05, 4.69) is 12.2 Å². The molecule has 106 valence electrons. The van der Waals surface area contributed by atoms with Crippen LogP contribution in [0.25, 0.3) is 11.3 Å². The van der Waals surface area contributed by atoms with Crippen LogP contribution >= 0.6 is 11.6 Å². The minimum absolute atomic E-state index is 0.105. The number of nitro benzene ring substituents is 1. The van der Waals surface area contributed by atoms with Gasteiger partial charge in [0.2, 0.25) is 0 Å². The lowest BCUT2D eigenvalue weighted by atomic mass is 10.1. The van der Waals surface area contributed by atoms with E-state index in [-0.39, 0.29) is 10.7 Å². The molecule has 0 aliphatic carbocycles. The molecule has 0 aliphatic rings. The van der Waals surface area contributed by atoms with Gasteiger partial charge >= 0.3 is 0 Å². The van der Waals surface area contributed by atoms with E-state index in [0.717, 1.165) is 24.3 Å². The lowest BCUT2D eigenvalue weighted by Gasteiger charge is -2.01. The van der Waals surface area contributed by atoms with Crippen LogP contribution in [0.2, 0.25) is 5.02 Å². The molecule has 0 bridgehead atoms. The van der Waals surface area contributed by atoms with Crippen LogP contribution in [0.3, 0.4) is 0 Å². The number of rotatable bonds is 6. The highest BCUT2D eigenvalue weighted by Crippen LogP contribution is 2.30. The smallest absolute Gasteiger partial charge is 0.287 e. The SMILES string of the molecule is CCCNCc1ccc(-c2ccc([N+](=O)[O-])c(Cl)c2)o1. The molecule has 5 nitrogen and oxygen atoms in total. The van der Waals surface area contributed by atoms with Gasteiger partial charge in [0.05, 0.1) is 11.5 Å². The predicted octanol–water partition coefficient (Wildman–Crippen LogP) is 4.01. The molecule has 0 radical (unpaired) electrons. The monoisotopic (exact) mass is 294 g/mol. The first kappa shape index (κ1) is 14.6. The highest BCUT2D eigenvalue weighted by molar-refractivity contribution is 6.32. The van der Waals surface area contributed by atoms with Gasteiger partial charge in [-0.1, -0.05) is 18.5 Å². The number of nitrogens with one attached hydrogen (secondary N) is 1. The average molecular weight is 295 g/mol. The molecule has 0 unspecified atom stereocenters. The van der Waals surface area contributed by atoms with Crippen molar-refractivity contribution in [2.24, 2.45) is 0 Å². The van der Waals surface area contributed by atoms with Crippen molar-refractivity contribution >= 4 is 17.3 Å². The third-order valence-corrected chi connectivity index (χ3v) is 3.12. The zero-order chi connectivity index (χ0) is 14.5. The van der Waals surface area contributed by atoms with Gasteiger partial charge in [0.25, 0.3) is 5.69 Å². The van der Waals surface area contributed by atoms with Crippen molar-refractivity contribution in [1.82, 2.24) is 5.32 Å². The number of benzene rings is 1. The summed E-state index contributed by atoms with van der Waals surface area (Å²) >= 11 is 5.89. The van der Waals surface area contributed by atoms with Crippen LogP contribution in [-0.2, 0) is 6.54 Å². The molecule has 0 atom stereocenters. The minimum Gasteiger partial charge on any atom is -0.460 e. The fourth-order valence-corrected chi connectivity index (χ4v) is 2.07. The fourth-order valence-electron chi connectivity index (χ4n) is 1.82. The highest BCUT2D eigenvalue weighted by Gasteiger charge is 2.14. The zero-order valence-electron chi connectivity index (χ0n) is 11.1. The lowest BCUT2D eigenvalue weighted by molar-refractivity contribution is -0.384. The standard InChI is InChI=1S/C14H15ClN2O3/c1-2-7-16-9-11-4-6-14(20-11)10-3-5-13(17(18)19)12(15)8-10/h3-6,8,16H,2,7,9H2,1H3. The molecule has 0 spiro atoms. The molecule has 1 aromatic carbocycles. The van der Waals surface area contributed by atoms with E-state index >= 15 is 0 Å². The van der Waals surface area contributed by atoms with E-state index in [0.29, 0.717) is 12.3 Å². The summed E-state index contributed by atoms with van der Waals surface area (Å²) in [7, 11) is 0. The molecule has 0 aliphatic heterocycles. The van der Waals surface area contributed by atoms with Crippen LogP contribution in [-0.4, -0.2) is 11.5 Å². The van der Waals surface area contributed by atoms with Crippen LogP contribution in [0.5, 0.6) is 0 Å². The van der Waals surface area contributed by atoms with E-state index in [9.17, 15) is 10.1 Å². The van der Waals surface area contributed by atoms with Crippen molar-refractivity contribution in [3.63, 3.8) is 0 Å². The average Bonchev–Trinajstić information content (AvgIpc) is 2.87. The second kappa shape index (κ2) is 6.54. The van der Waals surface area contributed by atoms with Gasteiger partial charge in [-0.3, -0.25) is 10.1 Å². The number of hydrogen-bond donors (Lipinski definition) is 1. The van der Waals surface area contributed by atoms with Crippen molar-refractivity contribution in [1.29, 1.82) is 0 Å². The summed E-state index contributed by atoms with van der Waals surface area (Å²) in [4.78, 5) is 10.2. The van der Waals surface area contributed by atoms with E-state index < -0.39 is 4.92 Å². The largest absolute Gasteiger partial charge is 0.460 e. The molecule has 2 rings (SSSR count). The topological polar surface area (TPSA) is 68.3 Å². The van der Waals surface area contributed by atoms with Crippen LogP contribution < -0.4 is 5.32 Å². The van der Waals surface area contributed by atoms with Gasteiger partial charge in [-0.2, -0.15) is 0 Å². The Balaban J connectivity index is 2.15. The third kappa shape index (κ3) is 3.37. The Morgan fingerprint density at radius 1 is 1.35 bits per heavy atom. The van der Waals surface area contributed by atoms with Gasteiger partial charge in [-0.05, 0) is 37.2 Å². The van der Waals surface area contributed by atoms with E-state index in [1.165, 1.54) is 6.07 Å². The summed E-state index contributed by atoms with van der Waals surface area (Å²) in [5, 5.41) is 14.1. The summed E-state index contributed by atoms with van der Waals surface area (Å²) < 4.78 is 5.68. The maximum absolute atomic E-state index is 10.7. The maximum Gasteiger partial charge on any atom is 0.287 e. The number of nitro groups is 1. The first-order chi connectivity index (χ1) is 9.61. The Labute approximate surface area is 121 Å².